The highest BCUT2D eigenvalue weighted by molar-refractivity contribution is 6.10. The molecule has 0 aliphatic carbocycles. The summed E-state index contributed by atoms with van der Waals surface area (Å²) in [5, 5.41) is 9.13. The number of aromatic nitrogens is 1. The highest BCUT2D eigenvalue weighted by Gasteiger charge is 2.29. The van der Waals surface area contributed by atoms with Crippen LogP contribution in [0.4, 0.5) is 5.69 Å². The Morgan fingerprint density at radius 2 is 1.89 bits per heavy atom. The van der Waals surface area contributed by atoms with E-state index in [0.29, 0.717) is 17.7 Å². The lowest BCUT2D eigenvalue weighted by molar-refractivity contribution is -0.138. The second-order valence-electron chi connectivity index (χ2n) is 6.66. The van der Waals surface area contributed by atoms with E-state index >= 15 is 0 Å². The molecule has 1 aliphatic heterocycles. The van der Waals surface area contributed by atoms with Crippen molar-refractivity contribution < 1.29 is 14.7 Å². The van der Waals surface area contributed by atoms with E-state index < -0.39 is 11.9 Å². The van der Waals surface area contributed by atoms with Gasteiger partial charge in [0.25, 0.3) is 5.91 Å². The number of carbonyl (C=O) groups excluding carboxylic acids is 1. The number of fused-ring (bicyclic) bond motifs is 1. The standard InChI is InChI=1S/C22H18N2O3/c1-14(22(26)27)15-6-8-19(9-7-15)24-13-18-5-4-16(11-20(18)21(24)25)17-3-2-10-23-12-17/h2-12,14H,13H2,1H3,(H,26,27). The molecule has 1 aliphatic rings. The van der Waals surface area contributed by atoms with Crippen LogP contribution in [0.15, 0.2) is 67.0 Å². The number of aliphatic carboxylic acids is 1. The van der Waals surface area contributed by atoms with Crippen LogP contribution in [0.2, 0.25) is 0 Å². The number of carboxylic acids is 1. The topological polar surface area (TPSA) is 70.5 Å². The molecule has 2 heterocycles. The summed E-state index contributed by atoms with van der Waals surface area (Å²) in [6.07, 6.45) is 3.50. The van der Waals surface area contributed by atoms with Crippen molar-refractivity contribution in [3.63, 3.8) is 0 Å². The van der Waals surface area contributed by atoms with Gasteiger partial charge in [0.2, 0.25) is 0 Å². The van der Waals surface area contributed by atoms with Crippen LogP contribution in [0.1, 0.15) is 34.3 Å². The van der Waals surface area contributed by atoms with E-state index in [1.807, 2.05) is 30.3 Å². The highest BCUT2D eigenvalue weighted by atomic mass is 16.4. The van der Waals surface area contributed by atoms with E-state index in [0.717, 1.165) is 22.4 Å². The third-order valence-corrected chi connectivity index (χ3v) is 4.98. The minimum Gasteiger partial charge on any atom is -0.481 e. The Bertz CT molecular complexity index is 1010. The van der Waals surface area contributed by atoms with Gasteiger partial charge in [0.05, 0.1) is 12.5 Å². The molecule has 1 N–H and O–H groups in total. The fourth-order valence-electron chi connectivity index (χ4n) is 3.31. The normalized spacial score (nSPS) is 14.1. The molecule has 0 radical (unpaired) electrons. The second kappa shape index (κ2) is 6.68. The molecular weight excluding hydrogens is 340 g/mol. The quantitative estimate of drug-likeness (QED) is 0.762. The lowest BCUT2D eigenvalue weighted by Crippen LogP contribution is -2.23. The average molecular weight is 358 g/mol. The van der Waals surface area contributed by atoms with Gasteiger partial charge in [-0.2, -0.15) is 0 Å². The summed E-state index contributed by atoms with van der Waals surface area (Å²) in [5.41, 5.74) is 5.09. The Hall–Kier alpha value is -3.47. The van der Waals surface area contributed by atoms with Gasteiger partial charge in [-0.05, 0) is 47.9 Å². The fourth-order valence-corrected chi connectivity index (χ4v) is 3.31. The van der Waals surface area contributed by atoms with Crippen molar-refractivity contribution in [3.05, 3.63) is 83.7 Å². The predicted octanol–water partition coefficient (Wildman–Crippen LogP) is 4.10. The number of nitrogens with zero attached hydrogens (tertiary/aromatic N) is 2. The first-order chi connectivity index (χ1) is 13.0. The zero-order chi connectivity index (χ0) is 19.0. The number of carboxylic acid groups (broad SMARTS) is 1. The molecule has 134 valence electrons. The smallest absolute Gasteiger partial charge is 0.310 e. The highest BCUT2D eigenvalue weighted by Crippen LogP contribution is 2.32. The molecule has 1 amide bonds. The number of carbonyl (C=O) groups is 2. The summed E-state index contributed by atoms with van der Waals surface area (Å²) in [5.74, 6) is -1.49. The summed E-state index contributed by atoms with van der Waals surface area (Å²) in [4.78, 5) is 29.9. The van der Waals surface area contributed by atoms with E-state index in [9.17, 15) is 9.59 Å². The molecule has 5 heteroatoms. The predicted molar refractivity (Wildman–Crippen MR) is 103 cm³/mol. The molecule has 27 heavy (non-hydrogen) atoms. The Balaban J connectivity index is 1.61. The molecule has 1 atom stereocenters. The van der Waals surface area contributed by atoms with E-state index in [1.54, 1.807) is 48.5 Å². The molecule has 5 nitrogen and oxygen atoms in total. The largest absolute Gasteiger partial charge is 0.481 e. The number of benzene rings is 2. The lowest BCUT2D eigenvalue weighted by Gasteiger charge is -2.16. The summed E-state index contributed by atoms with van der Waals surface area (Å²) >= 11 is 0. The van der Waals surface area contributed by atoms with Gasteiger partial charge in [0.1, 0.15) is 0 Å². The molecular formula is C22H18N2O3. The van der Waals surface area contributed by atoms with Crippen molar-refractivity contribution >= 4 is 17.6 Å². The van der Waals surface area contributed by atoms with Gasteiger partial charge in [-0.3, -0.25) is 14.6 Å². The summed E-state index contributed by atoms with van der Waals surface area (Å²) in [7, 11) is 0. The molecule has 3 aromatic rings. The fraction of sp³-hybridized carbons (Fsp3) is 0.136. The van der Waals surface area contributed by atoms with Crippen LogP contribution in [0, 0.1) is 0 Å². The van der Waals surface area contributed by atoms with Crippen LogP contribution in [-0.4, -0.2) is 22.0 Å². The van der Waals surface area contributed by atoms with Crippen molar-refractivity contribution in [2.45, 2.75) is 19.4 Å². The molecule has 0 fully saturated rings. The Morgan fingerprint density at radius 3 is 2.56 bits per heavy atom. The van der Waals surface area contributed by atoms with E-state index in [2.05, 4.69) is 4.98 Å². The summed E-state index contributed by atoms with van der Waals surface area (Å²) in [6, 6.07) is 16.9. The Morgan fingerprint density at radius 1 is 1.11 bits per heavy atom. The molecule has 4 rings (SSSR count). The Kier molecular flexibility index (Phi) is 4.20. The SMILES string of the molecule is CC(C(=O)O)c1ccc(N2Cc3ccc(-c4cccnc4)cc3C2=O)cc1. The maximum atomic E-state index is 12.9. The third kappa shape index (κ3) is 3.08. The molecule has 0 bridgehead atoms. The number of amides is 1. The van der Waals surface area contributed by atoms with Crippen LogP contribution in [0.5, 0.6) is 0 Å². The van der Waals surface area contributed by atoms with E-state index in [1.165, 1.54) is 0 Å². The molecule has 2 aromatic carbocycles. The first-order valence-electron chi connectivity index (χ1n) is 8.72. The molecule has 1 unspecified atom stereocenters. The van der Waals surface area contributed by atoms with Crippen LogP contribution < -0.4 is 4.90 Å². The summed E-state index contributed by atoms with van der Waals surface area (Å²) in [6.45, 7) is 2.16. The van der Waals surface area contributed by atoms with Crippen molar-refractivity contribution in [2.75, 3.05) is 4.90 Å². The van der Waals surface area contributed by atoms with Crippen LogP contribution in [0.25, 0.3) is 11.1 Å². The summed E-state index contributed by atoms with van der Waals surface area (Å²) < 4.78 is 0. The number of hydrogen-bond acceptors (Lipinski definition) is 3. The van der Waals surface area contributed by atoms with Crippen molar-refractivity contribution in [1.29, 1.82) is 0 Å². The molecule has 1 aromatic heterocycles. The van der Waals surface area contributed by atoms with Gasteiger partial charge < -0.3 is 10.0 Å². The first kappa shape index (κ1) is 17.0. The third-order valence-electron chi connectivity index (χ3n) is 4.98. The molecule has 0 saturated carbocycles. The lowest BCUT2D eigenvalue weighted by atomic mass is 10.0. The second-order valence-corrected chi connectivity index (χ2v) is 6.66. The number of pyridine rings is 1. The van der Waals surface area contributed by atoms with Crippen LogP contribution in [-0.2, 0) is 11.3 Å². The molecule has 0 saturated heterocycles. The van der Waals surface area contributed by atoms with Crippen LogP contribution >= 0.6 is 0 Å². The first-order valence-corrected chi connectivity index (χ1v) is 8.72. The van der Waals surface area contributed by atoms with Gasteiger partial charge in [-0.1, -0.05) is 30.3 Å². The zero-order valence-electron chi connectivity index (χ0n) is 14.8. The van der Waals surface area contributed by atoms with Gasteiger partial charge in [0.15, 0.2) is 0 Å². The number of rotatable bonds is 4. The number of anilines is 1. The van der Waals surface area contributed by atoms with Gasteiger partial charge in [-0.15, -0.1) is 0 Å². The van der Waals surface area contributed by atoms with E-state index in [4.69, 9.17) is 5.11 Å². The van der Waals surface area contributed by atoms with Crippen molar-refractivity contribution in [1.82, 2.24) is 4.98 Å². The minimum atomic E-state index is -0.865. The maximum Gasteiger partial charge on any atom is 0.310 e. The van der Waals surface area contributed by atoms with E-state index in [-0.39, 0.29) is 5.91 Å². The van der Waals surface area contributed by atoms with Crippen molar-refractivity contribution in [3.8, 4) is 11.1 Å². The van der Waals surface area contributed by atoms with Crippen molar-refractivity contribution in [2.24, 2.45) is 0 Å². The van der Waals surface area contributed by atoms with Gasteiger partial charge in [0, 0.05) is 29.2 Å². The number of hydrogen-bond donors (Lipinski definition) is 1. The van der Waals surface area contributed by atoms with Gasteiger partial charge >= 0.3 is 5.97 Å². The monoisotopic (exact) mass is 358 g/mol. The minimum absolute atomic E-state index is 0.0465. The van der Waals surface area contributed by atoms with Crippen LogP contribution in [0.3, 0.4) is 0 Å². The zero-order valence-corrected chi connectivity index (χ0v) is 14.8. The maximum absolute atomic E-state index is 12.9. The average Bonchev–Trinajstić information content (AvgIpc) is 3.04. The Labute approximate surface area is 156 Å². The molecule has 0 spiro atoms. The van der Waals surface area contributed by atoms with Gasteiger partial charge in [-0.25, -0.2) is 0 Å².